The van der Waals surface area contributed by atoms with Crippen LogP contribution >= 0.6 is 11.3 Å². The molecule has 0 aliphatic heterocycles. The molecule has 1 rings (SSSR count). The molecule has 0 spiro atoms. The summed E-state index contributed by atoms with van der Waals surface area (Å²) in [5.74, 6) is -0.711. The van der Waals surface area contributed by atoms with E-state index < -0.39 is 5.97 Å². The first kappa shape index (κ1) is 14.2. The normalized spacial score (nSPS) is 13.2. The second kappa shape index (κ2) is 6.77. The van der Waals surface area contributed by atoms with E-state index in [1.54, 1.807) is 11.3 Å². The summed E-state index contributed by atoms with van der Waals surface area (Å²) in [5, 5.41) is 12.9. The Bertz CT molecular complexity index is 335. The molecule has 3 nitrogen and oxygen atoms in total. The summed E-state index contributed by atoms with van der Waals surface area (Å²) in [4.78, 5) is 12.9. The Hall–Kier alpha value is -0.870. The summed E-state index contributed by atoms with van der Waals surface area (Å²) < 4.78 is 0. The molecule has 1 N–H and O–H groups in total. The fraction of sp³-hybridized carbons (Fsp3) is 0.615. The van der Waals surface area contributed by atoms with Crippen molar-refractivity contribution in [2.24, 2.45) is 0 Å². The number of hydrogen-bond acceptors (Lipinski definition) is 3. The molecule has 0 aliphatic carbocycles. The largest absolute Gasteiger partial charge is 0.481 e. The molecule has 0 bridgehead atoms. The van der Waals surface area contributed by atoms with Gasteiger partial charge in [0.15, 0.2) is 0 Å². The minimum Gasteiger partial charge on any atom is -0.481 e. The van der Waals surface area contributed by atoms with E-state index >= 15 is 0 Å². The number of rotatable bonds is 7. The highest BCUT2D eigenvalue weighted by Gasteiger charge is 2.18. The summed E-state index contributed by atoms with van der Waals surface area (Å²) in [7, 11) is 0. The Kier molecular flexibility index (Phi) is 5.65. The highest BCUT2D eigenvalue weighted by atomic mass is 32.1. The van der Waals surface area contributed by atoms with E-state index in [1.807, 2.05) is 0 Å². The first-order valence-corrected chi connectivity index (χ1v) is 6.96. The van der Waals surface area contributed by atoms with Crippen molar-refractivity contribution >= 4 is 17.3 Å². The van der Waals surface area contributed by atoms with Crippen LogP contribution in [-0.2, 0) is 4.79 Å². The van der Waals surface area contributed by atoms with Gasteiger partial charge >= 0.3 is 5.97 Å². The van der Waals surface area contributed by atoms with Crippen molar-refractivity contribution in [3.05, 3.63) is 22.4 Å². The summed E-state index contributed by atoms with van der Waals surface area (Å²) in [6.45, 7) is 7.33. The van der Waals surface area contributed by atoms with Crippen LogP contribution in [0.5, 0.6) is 0 Å². The minimum atomic E-state index is -0.711. The fourth-order valence-corrected chi connectivity index (χ4v) is 2.76. The maximum atomic E-state index is 10.5. The molecule has 0 saturated heterocycles. The lowest BCUT2D eigenvalue weighted by Crippen LogP contribution is -2.34. The van der Waals surface area contributed by atoms with Crippen LogP contribution in [0, 0.1) is 0 Å². The van der Waals surface area contributed by atoms with Gasteiger partial charge < -0.3 is 5.11 Å². The molecule has 1 aromatic rings. The Morgan fingerprint density at radius 1 is 1.47 bits per heavy atom. The zero-order valence-corrected chi connectivity index (χ0v) is 11.5. The molecular weight excluding hydrogens is 234 g/mol. The van der Waals surface area contributed by atoms with Crippen LogP contribution in [0.3, 0.4) is 0 Å². The second-order valence-corrected chi connectivity index (χ2v) is 5.34. The predicted molar refractivity (Wildman–Crippen MR) is 71.4 cm³/mol. The SMILES string of the molecule is CC(C)N(CCCC(=O)O)C(C)c1ccsc1. The van der Waals surface area contributed by atoms with Crippen molar-refractivity contribution in [3.63, 3.8) is 0 Å². The number of nitrogens with zero attached hydrogens (tertiary/aromatic N) is 1. The van der Waals surface area contributed by atoms with E-state index in [1.165, 1.54) is 5.56 Å². The molecule has 0 amide bonds. The van der Waals surface area contributed by atoms with Gasteiger partial charge in [0.2, 0.25) is 0 Å². The van der Waals surface area contributed by atoms with Gasteiger partial charge in [-0.2, -0.15) is 11.3 Å². The van der Waals surface area contributed by atoms with Gasteiger partial charge in [-0.05, 0) is 56.1 Å². The monoisotopic (exact) mass is 255 g/mol. The Morgan fingerprint density at radius 2 is 2.18 bits per heavy atom. The van der Waals surface area contributed by atoms with E-state index in [-0.39, 0.29) is 6.42 Å². The van der Waals surface area contributed by atoms with E-state index in [0.29, 0.717) is 18.5 Å². The van der Waals surface area contributed by atoms with Crippen LogP contribution in [-0.4, -0.2) is 28.6 Å². The molecule has 1 atom stereocenters. The summed E-state index contributed by atoms with van der Waals surface area (Å²) >= 11 is 1.70. The smallest absolute Gasteiger partial charge is 0.303 e. The average Bonchev–Trinajstić information content (AvgIpc) is 2.75. The Labute approximate surface area is 107 Å². The fourth-order valence-electron chi connectivity index (χ4n) is 2.02. The van der Waals surface area contributed by atoms with Crippen molar-refractivity contribution < 1.29 is 9.90 Å². The third-order valence-corrected chi connectivity index (χ3v) is 3.69. The standard InChI is InChI=1S/C13H21NO2S/c1-10(2)14(7-4-5-13(15)16)11(3)12-6-8-17-9-12/h6,8-11H,4-5,7H2,1-3H3,(H,15,16). The predicted octanol–water partition coefficient (Wildman–Crippen LogP) is 3.38. The molecule has 0 aliphatic rings. The highest BCUT2D eigenvalue weighted by Crippen LogP contribution is 2.24. The second-order valence-electron chi connectivity index (χ2n) is 4.56. The van der Waals surface area contributed by atoms with Crippen LogP contribution in [0.15, 0.2) is 16.8 Å². The van der Waals surface area contributed by atoms with Gasteiger partial charge in [-0.25, -0.2) is 0 Å². The summed E-state index contributed by atoms with van der Waals surface area (Å²) in [6.07, 6.45) is 0.960. The number of carbonyl (C=O) groups is 1. The first-order valence-electron chi connectivity index (χ1n) is 6.02. The average molecular weight is 255 g/mol. The lowest BCUT2D eigenvalue weighted by molar-refractivity contribution is -0.137. The van der Waals surface area contributed by atoms with Gasteiger partial charge in [-0.3, -0.25) is 9.69 Å². The summed E-state index contributed by atoms with van der Waals surface area (Å²) in [6, 6.07) is 2.93. The molecule has 96 valence electrons. The van der Waals surface area contributed by atoms with Crippen LogP contribution in [0.2, 0.25) is 0 Å². The van der Waals surface area contributed by atoms with Crippen molar-refractivity contribution in [1.82, 2.24) is 4.90 Å². The summed E-state index contributed by atoms with van der Waals surface area (Å²) in [5.41, 5.74) is 1.32. The molecule has 1 unspecified atom stereocenters. The van der Waals surface area contributed by atoms with Crippen LogP contribution in [0.4, 0.5) is 0 Å². The molecule has 17 heavy (non-hydrogen) atoms. The van der Waals surface area contributed by atoms with Crippen molar-refractivity contribution in [2.75, 3.05) is 6.54 Å². The maximum Gasteiger partial charge on any atom is 0.303 e. The number of aliphatic carboxylic acids is 1. The van der Waals surface area contributed by atoms with Crippen LogP contribution in [0.25, 0.3) is 0 Å². The van der Waals surface area contributed by atoms with Gasteiger partial charge in [-0.1, -0.05) is 0 Å². The van der Waals surface area contributed by atoms with E-state index in [4.69, 9.17) is 5.11 Å². The molecule has 0 fully saturated rings. The zero-order chi connectivity index (χ0) is 12.8. The number of carboxylic acid groups (broad SMARTS) is 1. The van der Waals surface area contributed by atoms with Gasteiger partial charge in [0.05, 0.1) is 0 Å². The molecule has 4 heteroatoms. The zero-order valence-electron chi connectivity index (χ0n) is 10.7. The number of thiophene rings is 1. The topological polar surface area (TPSA) is 40.5 Å². The molecule has 1 aromatic heterocycles. The van der Waals surface area contributed by atoms with Crippen LogP contribution < -0.4 is 0 Å². The van der Waals surface area contributed by atoms with Gasteiger partial charge in [0, 0.05) is 18.5 Å². The number of hydrogen-bond donors (Lipinski definition) is 1. The first-order chi connectivity index (χ1) is 8.02. The minimum absolute atomic E-state index is 0.250. The molecular formula is C13H21NO2S. The molecule has 0 saturated carbocycles. The number of carboxylic acids is 1. The van der Waals surface area contributed by atoms with Gasteiger partial charge in [0.25, 0.3) is 0 Å². The van der Waals surface area contributed by atoms with E-state index in [2.05, 4.69) is 42.5 Å². The third kappa shape index (κ3) is 4.48. The van der Waals surface area contributed by atoms with Gasteiger partial charge in [0.1, 0.15) is 0 Å². The quantitative estimate of drug-likeness (QED) is 0.812. The highest BCUT2D eigenvalue weighted by molar-refractivity contribution is 7.07. The van der Waals surface area contributed by atoms with Crippen molar-refractivity contribution in [2.45, 2.75) is 45.7 Å². The van der Waals surface area contributed by atoms with Crippen molar-refractivity contribution in [1.29, 1.82) is 0 Å². The molecule has 0 aromatic carbocycles. The Morgan fingerprint density at radius 3 is 2.65 bits per heavy atom. The van der Waals surface area contributed by atoms with Crippen molar-refractivity contribution in [3.8, 4) is 0 Å². The molecule has 0 radical (unpaired) electrons. The lowest BCUT2D eigenvalue weighted by atomic mass is 10.1. The van der Waals surface area contributed by atoms with Crippen LogP contribution in [0.1, 0.15) is 45.2 Å². The van der Waals surface area contributed by atoms with E-state index in [0.717, 1.165) is 6.54 Å². The third-order valence-electron chi connectivity index (χ3n) is 2.99. The van der Waals surface area contributed by atoms with Gasteiger partial charge in [-0.15, -0.1) is 0 Å². The lowest BCUT2D eigenvalue weighted by Gasteiger charge is -2.32. The molecule has 1 heterocycles. The van der Waals surface area contributed by atoms with E-state index in [9.17, 15) is 4.79 Å². The maximum absolute atomic E-state index is 10.5. The Balaban J connectivity index is 2.56.